The van der Waals surface area contributed by atoms with Gasteiger partial charge in [0.1, 0.15) is 5.01 Å². The third-order valence-electron chi connectivity index (χ3n) is 3.51. The summed E-state index contributed by atoms with van der Waals surface area (Å²) in [5.74, 6) is 1.57. The van der Waals surface area contributed by atoms with Crippen LogP contribution in [0.5, 0.6) is 11.5 Å². The summed E-state index contributed by atoms with van der Waals surface area (Å²) in [5.41, 5.74) is 2.09. The molecule has 0 saturated carbocycles. The van der Waals surface area contributed by atoms with Crippen molar-refractivity contribution in [2.45, 2.75) is 19.9 Å². The van der Waals surface area contributed by atoms with Gasteiger partial charge in [0.05, 0.1) is 12.3 Å². The lowest BCUT2D eigenvalue weighted by atomic mass is 10.2. The Balaban J connectivity index is 1.73. The van der Waals surface area contributed by atoms with Gasteiger partial charge in [-0.25, -0.2) is 4.98 Å². The van der Waals surface area contributed by atoms with Gasteiger partial charge in [-0.15, -0.1) is 11.3 Å². The molecule has 2 aromatic rings. The van der Waals surface area contributed by atoms with E-state index in [1.54, 1.807) is 11.3 Å². The Morgan fingerprint density at radius 2 is 2.14 bits per heavy atom. The molecule has 1 aliphatic rings. The first-order chi connectivity index (χ1) is 10.8. The van der Waals surface area contributed by atoms with Gasteiger partial charge < -0.3 is 14.6 Å². The van der Waals surface area contributed by atoms with Crippen molar-refractivity contribution in [3.8, 4) is 22.1 Å². The second-order valence-electron chi connectivity index (χ2n) is 5.21. The van der Waals surface area contributed by atoms with E-state index in [4.69, 9.17) is 19.6 Å². The Morgan fingerprint density at radius 3 is 2.95 bits per heavy atom. The lowest BCUT2D eigenvalue weighted by Crippen LogP contribution is -2.27. The standard InChI is InChI=1S/C16H20N2O3S/c1-2-5-18(6-7-19)9-13-10-22-16(17-13)12-3-4-14-15(8-12)21-11-20-14/h3-4,8,10,19H,2,5-7,9,11H2,1H3. The molecule has 0 amide bonds. The van der Waals surface area contributed by atoms with Crippen LogP contribution in [0.4, 0.5) is 0 Å². The average Bonchev–Trinajstić information content (AvgIpc) is 3.15. The van der Waals surface area contributed by atoms with E-state index >= 15 is 0 Å². The van der Waals surface area contributed by atoms with Gasteiger partial charge in [0.2, 0.25) is 6.79 Å². The van der Waals surface area contributed by atoms with Gasteiger partial charge in [0.15, 0.2) is 11.5 Å². The first kappa shape index (κ1) is 15.3. The smallest absolute Gasteiger partial charge is 0.231 e. The monoisotopic (exact) mass is 320 g/mol. The van der Waals surface area contributed by atoms with E-state index in [-0.39, 0.29) is 13.4 Å². The normalized spacial score (nSPS) is 13.0. The predicted octanol–water partition coefficient (Wildman–Crippen LogP) is 2.74. The van der Waals surface area contributed by atoms with Crippen molar-refractivity contribution in [3.63, 3.8) is 0 Å². The molecule has 5 nitrogen and oxygen atoms in total. The molecule has 0 radical (unpaired) electrons. The maximum atomic E-state index is 9.13. The highest BCUT2D eigenvalue weighted by molar-refractivity contribution is 7.13. The van der Waals surface area contributed by atoms with Crippen molar-refractivity contribution in [2.75, 3.05) is 26.5 Å². The fraction of sp³-hybridized carbons (Fsp3) is 0.438. The maximum Gasteiger partial charge on any atom is 0.231 e. The number of hydrogen-bond donors (Lipinski definition) is 1. The Kier molecular flexibility index (Phi) is 4.92. The van der Waals surface area contributed by atoms with E-state index in [0.717, 1.165) is 47.3 Å². The quantitative estimate of drug-likeness (QED) is 0.850. The molecule has 3 rings (SSSR count). The molecule has 1 aromatic carbocycles. The van der Waals surface area contributed by atoms with Crippen molar-refractivity contribution in [2.24, 2.45) is 0 Å². The molecule has 0 atom stereocenters. The van der Waals surface area contributed by atoms with Crippen LogP contribution >= 0.6 is 11.3 Å². The number of fused-ring (bicyclic) bond motifs is 1. The number of hydrogen-bond acceptors (Lipinski definition) is 6. The number of benzene rings is 1. The molecule has 1 N–H and O–H groups in total. The number of aliphatic hydroxyl groups excluding tert-OH is 1. The zero-order valence-corrected chi connectivity index (χ0v) is 13.4. The van der Waals surface area contributed by atoms with E-state index < -0.39 is 0 Å². The molecular formula is C16H20N2O3S. The van der Waals surface area contributed by atoms with E-state index in [1.165, 1.54) is 0 Å². The van der Waals surface area contributed by atoms with Crippen LogP contribution in [0.2, 0.25) is 0 Å². The third kappa shape index (κ3) is 3.40. The van der Waals surface area contributed by atoms with Gasteiger partial charge in [-0.05, 0) is 31.2 Å². The number of aromatic nitrogens is 1. The van der Waals surface area contributed by atoms with E-state index in [0.29, 0.717) is 6.54 Å². The van der Waals surface area contributed by atoms with Crippen molar-refractivity contribution >= 4 is 11.3 Å². The molecular weight excluding hydrogens is 300 g/mol. The van der Waals surface area contributed by atoms with Crippen LogP contribution in [0.15, 0.2) is 23.6 Å². The highest BCUT2D eigenvalue weighted by Crippen LogP contribution is 2.36. The summed E-state index contributed by atoms with van der Waals surface area (Å²) in [4.78, 5) is 6.93. The molecule has 0 aliphatic carbocycles. The zero-order chi connectivity index (χ0) is 15.4. The summed E-state index contributed by atoms with van der Waals surface area (Å²) in [7, 11) is 0. The molecule has 2 heterocycles. The summed E-state index contributed by atoms with van der Waals surface area (Å²) in [6.45, 7) is 5.04. The maximum absolute atomic E-state index is 9.13. The van der Waals surface area contributed by atoms with E-state index in [1.807, 2.05) is 18.2 Å². The van der Waals surface area contributed by atoms with Crippen LogP contribution in [0.1, 0.15) is 19.0 Å². The molecule has 0 saturated heterocycles. The Labute approximate surface area is 134 Å². The summed E-state index contributed by atoms with van der Waals surface area (Å²) in [6, 6.07) is 5.91. The number of thiazole rings is 1. The largest absolute Gasteiger partial charge is 0.454 e. The molecule has 22 heavy (non-hydrogen) atoms. The third-order valence-corrected chi connectivity index (χ3v) is 4.45. The molecule has 6 heteroatoms. The van der Waals surface area contributed by atoms with Gasteiger partial charge in [0, 0.05) is 24.0 Å². The van der Waals surface area contributed by atoms with Gasteiger partial charge in [-0.2, -0.15) is 0 Å². The molecule has 0 spiro atoms. The van der Waals surface area contributed by atoms with Gasteiger partial charge in [-0.1, -0.05) is 6.92 Å². The molecule has 0 bridgehead atoms. The van der Waals surface area contributed by atoms with Crippen LogP contribution < -0.4 is 9.47 Å². The Bertz CT molecular complexity index is 624. The molecule has 118 valence electrons. The number of rotatable bonds is 7. The number of aliphatic hydroxyl groups is 1. The highest BCUT2D eigenvalue weighted by Gasteiger charge is 2.15. The van der Waals surface area contributed by atoms with Gasteiger partial charge >= 0.3 is 0 Å². The minimum Gasteiger partial charge on any atom is -0.454 e. The Morgan fingerprint density at radius 1 is 1.27 bits per heavy atom. The minimum absolute atomic E-state index is 0.180. The predicted molar refractivity (Wildman–Crippen MR) is 86.3 cm³/mol. The number of ether oxygens (including phenoxy) is 2. The van der Waals surface area contributed by atoms with Gasteiger partial charge in [0.25, 0.3) is 0 Å². The highest BCUT2D eigenvalue weighted by atomic mass is 32.1. The van der Waals surface area contributed by atoms with E-state index in [9.17, 15) is 0 Å². The van der Waals surface area contributed by atoms with Gasteiger partial charge in [-0.3, -0.25) is 4.90 Å². The summed E-state index contributed by atoms with van der Waals surface area (Å²) < 4.78 is 10.7. The first-order valence-corrected chi connectivity index (χ1v) is 8.35. The van der Waals surface area contributed by atoms with E-state index in [2.05, 4.69) is 17.2 Å². The summed E-state index contributed by atoms with van der Waals surface area (Å²) in [5, 5.41) is 12.2. The minimum atomic E-state index is 0.180. The topological polar surface area (TPSA) is 54.8 Å². The average molecular weight is 320 g/mol. The molecule has 1 aromatic heterocycles. The van der Waals surface area contributed by atoms with Crippen molar-refractivity contribution in [3.05, 3.63) is 29.3 Å². The van der Waals surface area contributed by atoms with Crippen LogP contribution in [0.25, 0.3) is 10.6 Å². The lowest BCUT2D eigenvalue weighted by Gasteiger charge is -2.18. The van der Waals surface area contributed by atoms with Crippen LogP contribution in [0, 0.1) is 0 Å². The summed E-state index contributed by atoms with van der Waals surface area (Å²) in [6.07, 6.45) is 1.07. The second kappa shape index (κ2) is 7.09. The van der Waals surface area contributed by atoms with Crippen LogP contribution in [-0.4, -0.2) is 41.5 Å². The zero-order valence-electron chi connectivity index (χ0n) is 12.6. The SMILES string of the molecule is CCCN(CCO)Cc1csc(-c2ccc3c(c2)OCO3)n1. The number of nitrogens with zero attached hydrogens (tertiary/aromatic N) is 2. The fourth-order valence-corrected chi connectivity index (χ4v) is 3.31. The Hall–Kier alpha value is -1.63. The van der Waals surface area contributed by atoms with Crippen LogP contribution in [0.3, 0.4) is 0 Å². The lowest BCUT2D eigenvalue weighted by molar-refractivity contribution is 0.174. The molecule has 0 unspecified atom stereocenters. The first-order valence-electron chi connectivity index (χ1n) is 7.47. The summed E-state index contributed by atoms with van der Waals surface area (Å²) >= 11 is 1.63. The molecule has 0 fully saturated rings. The fourth-order valence-electron chi connectivity index (χ4n) is 2.50. The molecule has 1 aliphatic heterocycles. The second-order valence-corrected chi connectivity index (χ2v) is 6.07. The van der Waals surface area contributed by atoms with Crippen molar-refractivity contribution in [1.29, 1.82) is 0 Å². The van der Waals surface area contributed by atoms with Crippen LogP contribution in [-0.2, 0) is 6.54 Å². The van der Waals surface area contributed by atoms with Crippen molar-refractivity contribution < 1.29 is 14.6 Å². The van der Waals surface area contributed by atoms with Crippen molar-refractivity contribution in [1.82, 2.24) is 9.88 Å².